The molecule has 2 saturated carbocycles. The van der Waals surface area contributed by atoms with E-state index in [1.807, 2.05) is 22.7 Å². The zero-order chi connectivity index (χ0) is 31.3. The monoisotopic (exact) mass is 605 g/mol. The molecule has 9 heteroatoms. The van der Waals surface area contributed by atoms with E-state index in [2.05, 4.69) is 67.7 Å². The Hall–Kier alpha value is -4.03. The Kier molecular flexibility index (Phi) is 7.52. The van der Waals surface area contributed by atoms with Gasteiger partial charge in [-0.2, -0.15) is 20.6 Å². The number of carbonyl (C=O) groups excluding carboxylic acids is 1. The molecule has 1 amide bonds. The van der Waals surface area contributed by atoms with E-state index in [1.165, 1.54) is 18.6 Å². The maximum atomic E-state index is 12.8. The number of fused-ring (bicyclic) bond motifs is 3. The van der Waals surface area contributed by atoms with Crippen LogP contribution in [0.25, 0.3) is 16.8 Å². The van der Waals surface area contributed by atoms with E-state index in [1.54, 1.807) is 6.20 Å². The first-order valence-electron chi connectivity index (χ1n) is 16.4. The number of aromatic nitrogens is 2. The molecule has 4 atom stereocenters. The maximum Gasteiger partial charge on any atom is 0.220 e. The average molecular weight is 606 g/mol. The van der Waals surface area contributed by atoms with Crippen molar-refractivity contribution < 1.29 is 9.53 Å². The summed E-state index contributed by atoms with van der Waals surface area (Å²) in [7, 11) is 0. The van der Waals surface area contributed by atoms with Gasteiger partial charge in [0.2, 0.25) is 5.91 Å². The molecule has 0 radical (unpaired) electrons. The Morgan fingerprint density at radius 1 is 1.11 bits per heavy atom. The summed E-state index contributed by atoms with van der Waals surface area (Å²) in [5, 5.41) is 30.5. The second kappa shape index (κ2) is 11.4. The van der Waals surface area contributed by atoms with Gasteiger partial charge < -0.3 is 15.4 Å². The van der Waals surface area contributed by atoms with Gasteiger partial charge in [-0.25, -0.2) is 4.52 Å². The lowest BCUT2D eigenvalue weighted by atomic mass is 9.74. The van der Waals surface area contributed by atoms with Gasteiger partial charge in [0, 0.05) is 47.3 Å². The summed E-state index contributed by atoms with van der Waals surface area (Å²) in [5.74, 6) is 1.66. The molecule has 45 heavy (non-hydrogen) atoms. The van der Waals surface area contributed by atoms with Crippen LogP contribution in [-0.2, 0) is 9.53 Å². The van der Waals surface area contributed by atoms with Crippen LogP contribution in [0.2, 0.25) is 0 Å². The van der Waals surface area contributed by atoms with Gasteiger partial charge in [0.1, 0.15) is 6.07 Å². The highest BCUT2D eigenvalue weighted by molar-refractivity contribution is 6.18. The van der Waals surface area contributed by atoms with Gasteiger partial charge in [0.15, 0.2) is 0 Å². The van der Waals surface area contributed by atoms with E-state index in [0.717, 1.165) is 59.4 Å². The minimum atomic E-state index is -0.147. The molecule has 2 N–H and O–H groups in total. The van der Waals surface area contributed by atoms with Crippen molar-refractivity contribution in [3.63, 3.8) is 0 Å². The Bertz CT molecular complexity index is 1720. The van der Waals surface area contributed by atoms with Crippen LogP contribution in [0, 0.1) is 34.5 Å². The lowest BCUT2D eigenvalue weighted by molar-refractivity contribution is -0.123. The lowest BCUT2D eigenvalue weighted by Gasteiger charge is -2.40. The quantitative estimate of drug-likeness (QED) is 0.310. The van der Waals surface area contributed by atoms with Crippen molar-refractivity contribution >= 4 is 28.5 Å². The summed E-state index contributed by atoms with van der Waals surface area (Å²) >= 11 is 0. The van der Waals surface area contributed by atoms with Gasteiger partial charge in [0.05, 0.1) is 47.4 Å². The SMILES string of the molecule is CC(C)(C)CCC(=O)NC1[C@@H]2CC[C@H]1CC(C1=NN=C(c3ccc(-c4ccc5cc(C#N)cnn45)cc3NC3(C)COC3)C1)C2. The molecule has 234 valence electrons. The number of ether oxygens (including phenoxy) is 1. The molecule has 2 aromatic heterocycles. The second-order valence-corrected chi connectivity index (χ2v) is 15.1. The Morgan fingerprint density at radius 3 is 2.58 bits per heavy atom. The van der Waals surface area contributed by atoms with Gasteiger partial charge in [0.25, 0.3) is 0 Å². The van der Waals surface area contributed by atoms with Gasteiger partial charge in [-0.1, -0.05) is 32.9 Å². The summed E-state index contributed by atoms with van der Waals surface area (Å²) in [6, 6.07) is 14.8. The van der Waals surface area contributed by atoms with E-state index < -0.39 is 0 Å². The molecule has 1 saturated heterocycles. The fourth-order valence-corrected chi connectivity index (χ4v) is 7.67. The topological polar surface area (TPSA) is 116 Å². The standard InChI is InChI=1S/C36H43N7O2/c1-35(2,3)12-11-33(44)39-34-24-5-6-25(34)15-26(14-24)29-17-31(42-41-29)28-9-7-23(16-30(28)40-36(4)20-45-21-36)32-10-8-27-13-22(18-37)19-38-43(27)32/h7-10,13,16,19,24-26,34,40H,5-6,11-12,14-15,17,20-21H2,1-4H3,(H,39,44)/t24-,25+,26?,34?. The molecule has 1 aromatic carbocycles. The summed E-state index contributed by atoms with van der Waals surface area (Å²) in [6.45, 7) is 10.1. The van der Waals surface area contributed by atoms with Crippen molar-refractivity contribution in [3.05, 3.63) is 53.7 Å². The van der Waals surface area contributed by atoms with Crippen LogP contribution in [0.15, 0.2) is 52.8 Å². The molecule has 2 aliphatic carbocycles. The van der Waals surface area contributed by atoms with Gasteiger partial charge in [-0.05, 0) is 80.5 Å². The third-order valence-corrected chi connectivity index (χ3v) is 10.2. The zero-order valence-electron chi connectivity index (χ0n) is 26.8. The Labute approximate surface area is 265 Å². The van der Waals surface area contributed by atoms with Crippen molar-refractivity contribution in [1.82, 2.24) is 14.9 Å². The minimum Gasteiger partial charge on any atom is -0.376 e. The Morgan fingerprint density at radius 2 is 1.89 bits per heavy atom. The molecule has 3 fully saturated rings. The zero-order valence-corrected chi connectivity index (χ0v) is 26.8. The van der Waals surface area contributed by atoms with Crippen LogP contribution in [0.4, 0.5) is 5.69 Å². The predicted molar refractivity (Wildman–Crippen MR) is 176 cm³/mol. The molecule has 4 aliphatic rings. The minimum absolute atomic E-state index is 0.147. The van der Waals surface area contributed by atoms with Crippen molar-refractivity contribution in [2.75, 3.05) is 18.5 Å². The first-order valence-corrected chi connectivity index (χ1v) is 16.4. The Balaban J connectivity index is 1.07. The second-order valence-electron chi connectivity index (χ2n) is 15.1. The van der Waals surface area contributed by atoms with Crippen molar-refractivity contribution in [2.45, 2.75) is 84.2 Å². The molecule has 4 heterocycles. The number of benzene rings is 1. The van der Waals surface area contributed by atoms with E-state index in [0.29, 0.717) is 49.0 Å². The molecule has 2 unspecified atom stereocenters. The molecule has 2 bridgehead atoms. The fourth-order valence-electron chi connectivity index (χ4n) is 7.67. The molecular weight excluding hydrogens is 562 g/mol. The first-order chi connectivity index (χ1) is 21.6. The summed E-state index contributed by atoms with van der Waals surface area (Å²) in [6.07, 6.45) is 8.38. The largest absolute Gasteiger partial charge is 0.376 e. The van der Waals surface area contributed by atoms with Crippen LogP contribution < -0.4 is 10.6 Å². The number of nitrogens with zero attached hydrogens (tertiary/aromatic N) is 5. The van der Waals surface area contributed by atoms with Gasteiger partial charge in [-0.15, -0.1) is 0 Å². The van der Waals surface area contributed by atoms with Gasteiger partial charge >= 0.3 is 0 Å². The van der Waals surface area contributed by atoms with Crippen molar-refractivity contribution in [2.24, 2.45) is 33.4 Å². The summed E-state index contributed by atoms with van der Waals surface area (Å²) in [4.78, 5) is 12.8. The average Bonchev–Trinajstić information content (AvgIpc) is 3.70. The maximum absolute atomic E-state index is 12.8. The molecule has 7 rings (SSSR count). The highest BCUT2D eigenvalue weighted by Gasteiger charge is 2.45. The normalized spacial score (nSPS) is 25.3. The molecule has 0 spiro atoms. The summed E-state index contributed by atoms with van der Waals surface area (Å²) < 4.78 is 7.43. The number of carbonyl (C=O) groups is 1. The van der Waals surface area contributed by atoms with E-state index >= 15 is 0 Å². The third-order valence-electron chi connectivity index (χ3n) is 10.2. The number of anilines is 1. The smallest absolute Gasteiger partial charge is 0.220 e. The number of amides is 1. The fraction of sp³-hybridized carbons (Fsp3) is 0.528. The molecule has 3 aromatic rings. The lowest BCUT2D eigenvalue weighted by Crippen LogP contribution is -2.53. The first kappa shape index (κ1) is 29.7. The van der Waals surface area contributed by atoms with Crippen LogP contribution in [0.1, 0.15) is 83.8 Å². The highest BCUT2D eigenvalue weighted by atomic mass is 16.5. The van der Waals surface area contributed by atoms with Crippen LogP contribution in [0.3, 0.4) is 0 Å². The van der Waals surface area contributed by atoms with Crippen LogP contribution in [0.5, 0.6) is 0 Å². The molecule has 9 nitrogen and oxygen atoms in total. The van der Waals surface area contributed by atoms with Crippen LogP contribution >= 0.6 is 0 Å². The number of rotatable bonds is 8. The third kappa shape index (κ3) is 6.00. The van der Waals surface area contributed by atoms with Gasteiger partial charge in [-0.3, -0.25) is 4.79 Å². The predicted octanol–water partition coefficient (Wildman–Crippen LogP) is 6.37. The molecule has 2 aliphatic heterocycles. The summed E-state index contributed by atoms with van der Waals surface area (Å²) in [5.41, 5.74) is 7.69. The van der Waals surface area contributed by atoms with E-state index in [4.69, 9.17) is 14.9 Å². The number of nitriles is 1. The van der Waals surface area contributed by atoms with Crippen LogP contribution in [-0.4, -0.2) is 51.7 Å². The van der Waals surface area contributed by atoms with E-state index in [9.17, 15) is 10.1 Å². The highest BCUT2D eigenvalue weighted by Crippen LogP contribution is 2.46. The number of nitrogens with one attached hydrogen (secondary N) is 2. The van der Waals surface area contributed by atoms with E-state index in [-0.39, 0.29) is 16.9 Å². The van der Waals surface area contributed by atoms with Crippen molar-refractivity contribution in [3.8, 4) is 17.3 Å². The number of hydrogen-bond donors (Lipinski definition) is 2. The molecular formula is C36H43N7O2. The van der Waals surface area contributed by atoms with Crippen molar-refractivity contribution in [1.29, 1.82) is 5.26 Å². The number of hydrogen-bond acceptors (Lipinski definition) is 7.